The summed E-state index contributed by atoms with van der Waals surface area (Å²) in [4.78, 5) is 37.9. The first kappa shape index (κ1) is 26.2. The lowest BCUT2D eigenvalue weighted by atomic mass is 9.87. The summed E-state index contributed by atoms with van der Waals surface area (Å²) in [6.07, 6.45) is 2.29. The van der Waals surface area contributed by atoms with Crippen LogP contribution >= 0.6 is 11.6 Å². The number of carbonyl (C=O) groups excluding carboxylic acids is 2. The van der Waals surface area contributed by atoms with Gasteiger partial charge in [-0.1, -0.05) is 25.4 Å². The molecule has 0 fully saturated rings. The number of carbonyl (C=O) groups is 2. The number of nitrogens with two attached hydrogens (primary N) is 1. The topological polar surface area (TPSA) is 125 Å². The first-order valence-corrected chi connectivity index (χ1v) is 11.7. The van der Waals surface area contributed by atoms with E-state index in [1.807, 2.05) is 13.8 Å². The molecule has 0 saturated heterocycles. The van der Waals surface area contributed by atoms with E-state index in [0.29, 0.717) is 29.9 Å². The second-order valence-corrected chi connectivity index (χ2v) is 8.37. The number of nitrogens with zero attached hydrogens (tertiary/aromatic N) is 2. The van der Waals surface area contributed by atoms with Gasteiger partial charge in [0.25, 0.3) is 5.56 Å². The molecular weight excluding hydrogens is 477 g/mol. The van der Waals surface area contributed by atoms with Crippen LogP contribution in [0.3, 0.4) is 0 Å². The number of benzene rings is 1. The lowest BCUT2D eigenvalue weighted by molar-refractivity contribution is -0.142. The van der Waals surface area contributed by atoms with Crippen LogP contribution in [0.15, 0.2) is 16.9 Å². The van der Waals surface area contributed by atoms with Gasteiger partial charge < -0.3 is 20.1 Å². The van der Waals surface area contributed by atoms with Gasteiger partial charge in [0.1, 0.15) is 18.2 Å². The molecule has 0 spiro atoms. The van der Waals surface area contributed by atoms with Crippen molar-refractivity contribution in [2.75, 3.05) is 0 Å². The number of fused-ring (bicyclic) bond motifs is 4. The number of amides is 1. The number of aromatic hydroxyl groups is 1. The molecule has 0 bridgehead atoms. The van der Waals surface area contributed by atoms with E-state index < -0.39 is 17.3 Å². The molecule has 8 nitrogen and oxygen atoms in total. The Kier molecular flexibility index (Phi) is 7.80. The molecule has 2 aromatic heterocycles. The Morgan fingerprint density at radius 3 is 2.46 bits per heavy atom. The minimum atomic E-state index is -0.540. The summed E-state index contributed by atoms with van der Waals surface area (Å²) in [5, 5.41) is 11.4. The van der Waals surface area contributed by atoms with Gasteiger partial charge in [0.05, 0.1) is 34.0 Å². The van der Waals surface area contributed by atoms with Gasteiger partial charge in [0.2, 0.25) is 5.91 Å². The Balaban J connectivity index is 0.000000521. The van der Waals surface area contributed by atoms with Crippen LogP contribution in [-0.4, -0.2) is 26.5 Å². The monoisotopic (exact) mass is 503 g/mol. The van der Waals surface area contributed by atoms with Crippen molar-refractivity contribution < 1.29 is 23.8 Å². The molecule has 3 aromatic rings. The van der Waals surface area contributed by atoms with E-state index in [1.54, 1.807) is 0 Å². The largest absolute Gasteiger partial charge is 0.507 e. The number of rotatable bonds is 2. The van der Waals surface area contributed by atoms with Crippen LogP contribution in [0.4, 0.5) is 4.39 Å². The Hall–Kier alpha value is -3.46. The number of esters is 1. The van der Waals surface area contributed by atoms with Crippen molar-refractivity contribution in [2.24, 2.45) is 5.73 Å². The third-order valence-corrected chi connectivity index (χ3v) is 6.10. The number of ether oxygens (including phenoxy) is 1. The Morgan fingerprint density at radius 1 is 1.20 bits per heavy atom. The molecule has 1 aliphatic carbocycles. The first-order valence-electron chi connectivity index (χ1n) is 11.3. The Morgan fingerprint density at radius 2 is 1.83 bits per heavy atom. The van der Waals surface area contributed by atoms with E-state index in [1.165, 1.54) is 30.5 Å². The number of hydrogen-bond acceptors (Lipinski definition) is 6. The van der Waals surface area contributed by atoms with E-state index in [2.05, 4.69) is 10.7 Å². The normalized spacial score (nSPS) is 12.5. The molecule has 35 heavy (non-hydrogen) atoms. The maximum atomic E-state index is 14.3. The molecular formula is C25H27ClFN3O5. The van der Waals surface area contributed by atoms with Crippen LogP contribution in [0.2, 0.25) is 5.02 Å². The zero-order chi connectivity index (χ0) is 26.0. The number of pyridine rings is 2. The molecule has 3 heterocycles. The average molecular weight is 504 g/mol. The lowest BCUT2D eigenvalue weighted by Crippen LogP contribution is -2.24. The van der Waals surface area contributed by atoms with Crippen LogP contribution in [0.1, 0.15) is 56.4 Å². The molecule has 5 rings (SSSR count). The summed E-state index contributed by atoms with van der Waals surface area (Å²) in [7, 11) is 0. The highest BCUT2D eigenvalue weighted by atomic mass is 35.5. The fraction of sp³-hybridized carbons (Fsp3) is 0.360. The van der Waals surface area contributed by atoms with Crippen LogP contribution in [0.25, 0.3) is 22.3 Å². The molecule has 2 aliphatic rings. The zero-order valence-electron chi connectivity index (χ0n) is 20.0. The van der Waals surface area contributed by atoms with Crippen molar-refractivity contribution >= 4 is 34.4 Å². The molecule has 0 radical (unpaired) electrons. The second-order valence-electron chi connectivity index (χ2n) is 7.99. The molecule has 1 amide bonds. The third kappa shape index (κ3) is 4.86. The smallest absolute Gasteiger partial charge is 0.302 e. The molecule has 10 heteroatoms. The molecule has 1 aliphatic heterocycles. The minimum Gasteiger partial charge on any atom is -0.507 e. The molecule has 0 unspecified atom stereocenters. The fourth-order valence-corrected chi connectivity index (χ4v) is 4.65. The second kappa shape index (κ2) is 10.4. The van der Waals surface area contributed by atoms with Gasteiger partial charge in [-0.25, -0.2) is 9.37 Å². The van der Waals surface area contributed by atoms with E-state index in [9.17, 15) is 23.9 Å². The van der Waals surface area contributed by atoms with E-state index in [0.717, 1.165) is 34.9 Å². The first-order chi connectivity index (χ1) is 16.6. The van der Waals surface area contributed by atoms with Crippen LogP contribution < -0.4 is 11.3 Å². The predicted octanol–water partition coefficient (Wildman–Crippen LogP) is 3.99. The quantitative estimate of drug-likeness (QED) is 0.398. The van der Waals surface area contributed by atoms with Gasteiger partial charge in [0, 0.05) is 36.9 Å². The summed E-state index contributed by atoms with van der Waals surface area (Å²) in [6, 6.07) is 2.78. The highest BCUT2D eigenvalue weighted by Crippen LogP contribution is 2.42. The third-order valence-electron chi connectivity index (χ3n) is 5.69. The standard InChI is InChI=1S/C21H16ClFN2O4.C2H5NO.C2H6/c1-9(26)29-8-13-17(27)6-16-20-12(7-25(16)21(13)28)10-3-2-4-11-18(10)15(24-20)5-14(23)19(11)22;1-2(3)4;1-2/h5-6,27H,2-4,7-8H2,1H3;1H3,(H2,3,4);1-2H3. The maximum Gasteiger partial charge on any atom is 0.302 e. The number of aromatic nitrogens is 2. The SMILES string of the molecule is CC.CC(=O)OCc1c(O)cc2n(c1=O)Cc1c-2nc2cc(F)c(Cl)c3c2c1CCC3.CC(N)=O. The Labute approximate surface area is 206 Å². The van der Waals surface area contributed by atoms with Gasteiger partial charge in [0.15, 0.2) is 0 Å². The minimum absolute atomic E-state index is 0.0183. The maximum absolute atomic E-state index is 14.3. The average Bonchev–Trinajstić information content (AvgIpc) is 3.17. The number of hydrogen-bond donors (Lipinski definition) is 2. The van der Waals surface area contributed by atoms with Crippen molar-refractivity contribution in [3.8, 4) is 17.1 Å². The van der Waals surface area contributed by atoms with Gasteiger partial charge >= 0.3 is 5.97 Å². The van der Waals surface area contributed by atoms with Crippen molar-refractivity contribution in [1.82, 2.24) is 9.55 Å². The van der Waals surface area contributed by atoms with E-state index >= 15 is 0 Å². The zero-order valence-corrected chi connectivity index (χ0v) is 20.8. The fourth-order valence-electron chi connectivity index (χ4n) is 4.40. The van der Waals surface area contributed by atoms with Crippen molar-refractivity contribution in [2.45, 2.75) is 60.1 Å². The summed E-state index contributed by atoms with van der Waals surface area (Å²) >= 11 is 6.21. The summed E-state index contributed by atoms with van der Waals surface area (Å²) in [6.45, 7) is 6.54. The van der Waals surface area contributed by atoms with Crippen LogP contribution in [0.5, 0.6) is 5.75 Å². The van der Waals surface area contributed by atoms with E-state index in [4.69, 9.17) is 16.3 Å². The Bertz CT molecular complexity index is 1400. The number of aryl methyl sites for hydroxylation is 2. The van der Waals surface area contributed by atoms with Gasteiger partial charge in [-0.2, -0.15) is 0 Å². The van der Waals surface area contributed by atoms with Gasteiger partial charge in [-0.15, -0.1) is 0 Å². The highest BCUT2D eigenvalue weighted by Gasteiger charge is 2.31. The molecule has 1 aromatic carbocycles. The summed E-state index contributed by atoms with van der Waals surface area (Å²) < 4.78 is 20.7. The number of primary amides is 1. The molecule has 186 valence electrons. The molecule has 0 atom stereocenters. The van der Waals surface area contributed by atoms with Crippen molar-refractivity contribution in [3.05, 3.63) is 55.6 Å². The lowest BCUT2D eigenvalue weighted by Gasteiger charge is -2.21. The highest BCUT2D eigenvalue weighted by molar-refractivity contribution is 6.32. The molecule has 0 saturated carbocycles. The summed E-state index contributed by atoms with van der Waals surface area (Å²) in [5.41, 5.74) is 8.27. The number of halogens is 2. The van der Waals surface area contributed by atoms with Gasteiger partial charge in [-0.3, -0.25) is 14.4 Å². The van der Waals surface area contributed by atoms with E-state index in [-0.39, 0.29) is 28.8 Å². The molecule has 3 N–H and O–H groups in total. The van der Waals surface area contributed by atoms with Crippen LogP contribution in [-0.2, 0) is 40.3 Å². The van der Waals surface area contributed by atoms with Gasteiger partial charge in [-0.05, 0) is 30.4 Å². The predicted molar refractivity (Wildman–Crippen MR) is 131 cm³/mol. The van der Waals surface area contributed by atoms with Crippen LogP contribution in [0, 0.1) is 5.82 Å². The van der Waals surface area contributed by atoms with Crippen molar-refractivity contribution in [1.29, 1.82) is 0 Å². The van der Waals surface area contributed by atoms with Crippen molar-refractivity contribution in [3.63, 3.8) is 0 Å². The summed E-state index contributed by atoms with van der Waals surface area (Å²) in [5.74, 6) is -1.64.